The molecule has 0 bridgehead atoms. The fourth-order valence-corrected chi connectivity index (χ4v) is 2.79. The highest BCUT2D eigenvalue weighted by Crippen LogP contribution is 2.27. The van der Waals surface area contributed by atoms with Crippen molar-refractivity contribution >= 4 is 11.9 Å². The van der Waals surface area contributed by atoms with Gasteiger partial charge in [0.05, 0.1) is 0 Å². The maximum absolute atomic E-state index is 12.6. The number of guanidine groups is 1. The Balaban J connectivity index is 1.70. The summed E-state index contributed by atoms with van der Waals surface area (Å²) in [6.45, 7) is 7.51. The molecule has 0 amide bonds. The molecule has 1 aromatic rings. The van der Waals surface area contributed by atoms with Gasteiger partial charge in [0, 0.05) is 52.0 Å². The second-order valence-corrected chi connectivity index (χ2v) is 6.20. The largest absolute Gasteiger partial charge is 0.433 e. The molecule has 1 saturated heterocycles. The van der Waals surface area contributed by atoms with E-state index in [1.54, 1.807) is 7.05 Å². The van der Waals surface area contributed by atoms with Crippen LogP contribution in [0, 0.1) is 0 Å². The van der Waals surface area contributed by atoms with E-state index in [-0.39, 0.29) is 5.95 Å². The molecule has 0 aliphatic carbocycles. The lowest BCUT2D eigenvalue weighted by Gasteiger charge is -2.32. The van der Waals surface area contributed by atoms with Crippen LogP contribution in [0.15, 0.2) is 29.9 Å². The van der Waals surface area contributed by atoms with Crippen molar-refractivity contribution in [3.05, 3.63) is 30.6 Å². The molecule has 2 rings (SSSR count). The summed E-state index contributed by atoms with van der Waals surface area (Å²) in [5.74, 6) is 0.619. The number of anilines is 1. The Hall–Kier alpha value is -2.36. The smallest absolute Gasteiger partial charge is 0.355 e. The Labute approximate surface area is 157 Å². The Morgan fingerprint density at radius 3 is 2.74 bits per heavy atom. The predicted octanol–water partition coefficient (Wildman–Crippen LogP) is 1.72. The molecule has 0 spiro atoms. The summed E-state index contributed by atoms with van der Waals surface area (Å²) in [6, 6.07) is 1.19. The van der Waals surface area contributed by atoms with Crippen molar-refractivity contribution in [2.24, 2.45) is 4.99 Å². The van der Waals surface area contributed by atoms with E-state index in [0.29, 0.717) is 25.1 Å². The summed E-state index contributed by atoms with van der Waals surface area (Å²) in [5.41, 5.74) is -0.965. The van der Waals surface area contributed by atoms with Gasteiger partial charge < -0.3 is 16.0 Å². The second kappa shape index (κ2) is 10.1. The molecule has 0 unspecified atom stereocenters. The number of aliphatic imine (C=N–C) groups is 1. The highest BCUT2D eigenvalue weighted by molar-refractivity contribution is 5.80. The first-order valence-corrected chi connectivity index (χ1v) is 8.87. The average Bonchev–Trinajstić information content (AvgIpc) is 2.65. The van der Waals surface area contributed by atoms with Crippen LogP contribution >= 0.6 is 0 Å². The summed E-state index contributed by atoms with van der Waals surface area (Å²) >= 11 is 0. The van der Waals surface area contributed by atoms with Crippen LogP contribution in [-0.2, 0) is 6.18 Å². The summed E-state index contributed by atoms with van der Waals surface area (Å²) in [6.07, 6.45) is 0.556. The first-order chi connectivity index (χ1) is 12.9. The lowest BCUT2D eigenvalue weighted by Crippen LogP contribution is -2.49. The highest BCUT2D eigenvalue weighted by Gasteiger charge is 2.32. The van der Waals surface area contributed by atoms with Gasteiger partial charge in [-0.2, -0.15) is 13.2 Å². The van der Waals surface area contributed by atoms with E-state index in [4.69, 9.17) is 0 Å². The first-order valence-electron chi connectivity index (χ1n) is 8.87. The Morgan fingerprint density at radius 1 is 1.37 bits per heavy atom. The van der Waals surface area contributed by atoms with E-state index in [0.717, 1.165) is 44.7 Å². The number of nitrogens with one attached hydrogen (secondary N) is 3. The Morgan fingerprint density at radius 2 is 2.11 bits per heavy atom. The molecule has 2 heterocycles. The molecule has 1 aliphatic rings. The normalized spacial score (nSPS) is 16.8. The number of nitrogens with zero attached hydrogens (tertiary/aromatic N) is 4. The molecular formula is C17H26F3N7. The zero-order chi connectivity index (χ0) is 19.7. The van der Waals surface area contributed by atoms with Crippen LogP contribution in [0.25, 0.3) is 0 Å². The minimum absolute atomic E-state index is 0.0517. The van der Waals surface area contributed by atoms with Gasteiger partial charge in [-0.05, 0) is 18.9 Å². The monoisotopic (exact) mass is 385 g/mol. The number of hydrogen-bond donors (Lipinski definition) is 3. The van der Waals surface area contributed by atoms with E-state index in [1.807, 2.05) is 6.08 Å². The zero-order valence-electron chi connectivity index (χ0n) is 15.4. The third-order valence-electron chi connectivity index (χ3n) is 4.19. The average molecular weight is 385 g/mol. The quantitative estimate of drug-likeness (QED) is 0.287. The van der Waals surface area contributed by atoms with Gasteiger partial charge in [-0.1, -0.05) is 6.08 Å². The van der Waals surface area contributed by atoms with Crippen molar-refractivity contribution in [1.82, 2.24) is 25.5 Å². The van der Waals surface area contributed by atoms with Gasteiger partial charge in [-0.15, -0.1) is 6.58 Å². The van der Waals surface area contributed by atoms with E-state index < -0.39 is 11.9 Å². The summed E-state index contributed by atoms with van der Waals surface area (Å²) in [7, 11) is 1.69. The third kappa shape index (κ3) is 7.05. The van der Waals surface area contributed by atoms with Crippen molar-refractivity contribution in [3.8, 4) is 0 Å². The van der Waals surface area contributed by atoms with Gasteiger partial charge >= 0.3 is 6.18 Å². The molecule has 3 N–H and O–H groups in total. The summed E-state index contributed by atoms with van der Waals surface area (Å²) in [5, 5.41) is 9.29. The molecule has 150 valence electrons. The van der Waals surface area contributed by atoms with E-state index in [1.165, 1.54) is 0 Å². The second-order valence-electron chi connectivity index (χ2n) is 6.20. The third-order valence-corrected chi connectivity index (χ3v) is 4.19. The van der Waals surface area contributed by atoms with Gasteiger partial charge in [0.25, 0.3) is 0 Å². The van der Waals surface area contributed by atoms with Crippen LogP contribution in [0.2, 0.25) is 0 Å². The molecule has 0 saturated carbocycles. The van der Waals surface area contributed by atoms with Crippen LogP contribution < -0.4 is 16.0 Å². The minimum Gasteiger partial charge on any atom is -0.355 e. The molecule has 1 aromatic heterocycles. The topological polar surface area (TPSA) is 77.5 Å². The van der Waals surface area contributed by atoms with Crippen LogP contribution in [0.1, 0.15) is 18.5 Å². The maximum Gasteiger partial charge on any atom is 0.433 e. The van der Waals surface area contributed by atoms with Gasteiger partial charge in [0.2, 0.25) is 5.95 Å². The molecule has 0 aromatic carbocycles. The standard InChI is InChI=1S/C17H26F3N7/c1-3-10-27-11-5-13(6-12-27)25-15(21-2)23-8-9-24-16-22-7-4-14(26-16)17(18,19)20/h3-4,7,13H,1,5-6,8-12H2,2H3,(H2,21,23,25)(H,22,24,26). The molecule has 1 aliphatic heterocycles. The number of rotatable bonds is 7. The number of likely N-dealkylation sites (tertiary alicyclic amines) is 1. The van der Waals surface area contributed by atoms with Gasteiger partial charge in [-0.25, -0.2) is 9.97 Å². The van der Waals surface area contributed by atoms with Crippen molar-refractivity contribution in [2.75, 3.05) is 45.1 Å². The first kappa shape index (κ1) is 20.9. The number of aromatic nitrogens is 2. The van der Waals surface area contributed by atoms with E-state index in [2.05, 4.69) is 42.4 Å². The molecule has 27 heavy (non-hydrogen) atoms. The van der Waals surface area contributed by atoms with E-state index >= 15 is 0 Å². The van der Waals surface area contributed by atoms with Crippen molar-refractivity contribution in [2.45, 2.75) is 25.1 Å². The minimum atomic E-state index is -4.48. The van der Waals surface area contributed by atoms with Crippen LogP contribution in [0.5, 0.6) is 0 Å². The zero-order valence-corrected chi connectivity index (χ0v) is 15.4. The maximum atomic E-state index is 12.6. The van der Waals surface area contributed by atoms with Gasteiger partial charge in [0.15, 0.2) is 5.96 Å². The molecule has 0 radical (unpaired) electrons. The number of halogens is 3. The van der Waals surface area contributed by atoms with Crippen molar-refractivity contribution in [1.29, 1.82) is 0 Å². The molecule has 0 atom stereocenters. The molecule has 7 nitrogen and oxygen atoms in total. The highest BCUT2D eigenvalue weighted by atomic mass is 19.4. The molecular weight excluding hydrogens is 359 g/mol. The fourth-order valence-electron chi connectivity index (χ4n) is 2.79. The lowest BCUT2D eigenvalue weighted by atomic mass is 10.1. The number of alkyl halides is 3. The fraction of sp³-hybridized carbons (Fsp3) is 0.588. The van der Waals surface area contributed by atoms with Crippen LogP contribution in [0.3, 0.4) is 0 Å². The van der Waals surface area contributed by atoms with Crippen LogP contribution in [0.4, 0.5) is 19.1 Å². The Kier molecular flexibility index (Phi) is 7.83. The lowest BCUT2D eigenvalue weighted by molar-refractivity contribution is -0.141. The number of hydrogen-bond acceptors (Lipinski definition) is 5. The summed E-state index contributed by atoms with van der Waals surface area (Å²) in [4.78, 5) is 13.8. The molecule has 1 fully saturated rings. The van der Waals surface area contributed by atoms with Crippen molar-refractivity contribution < 1.29 is 13.2 Å². The summed E-state index contributed by atoms with van der Waals surface area (Å²) < 4.78 is 37.9. The number of piperidine rings is 1. The SMILES string of the molecule is C=CCN1CCC(NC(=NC)NCCNc2nccc(C(F)(F)F)n2)CC1. The van der Waals surface area contributed by atoms with Gasteiger partial charge in [0.1, 0.15) is 5.69 Å². The van der Waals surface area contributed by atoms with Crippen LogP contribution in [-0.4, -0.2) is 66.6 Å². The van der Waals surface area contributed by atoms with Crippen molar-refractivity contribution in [3.63, 3.8) is 0 Å². The predicted molar refractivity (Wildman–Crippen MR) is 99.7 cm³/mol. The van der Waals surface area contributed by atoms with E-state index in [9.17, 15) is 13.2 Å². The molecule has 10 heteroatoms. The van der Waals surface area contributed by atoms with Gasteiger partial charge in [-0.3, -0.25) is 9.89 Å². The Bertz CT molecular complexity index is 625.